The predicted octanol–water partition coefficient (Wildman–Crippen LogP) is 0.604. The summed E-state index contributed by atoms with van der Waals surface area (Å²) < 4.78 is 0. The third-order valence-electron chi connectivity index (χ3n) is 4.00. The highest BCUT2D eigenvalue weighted by atomic mass is 16.3. The minimum atomic E-state index is -0.331. The molecule has 4 heteroatoms. The Hall–Kier alpha value is -0.610. The topological polar surface area (TPSA) is 52.6 Å². The summed E-state index contributed by atoms with van der Waals surface area (Å²) in [4.78, 5) is 13.3. The average Bonchev–Trinajstić information content (AvgIpc) is 3.09. The van der Waals surface area contributed by atoms with Crippen LogP contribution in [0.3, 0.4) is 0 Å². The van der Waals surface area contributed by atoms with Gasteiger partial charge in [-0.05, 0) is 38.6 Å². The third-order valence-corrected chi connectivity index (χ3v) is 4.00. The number of hydrogen-bond acceptors (Lipinski definition) is 3. The molecule has 98 valence electrons. The number of piperidine rings is 1. The highest BCUT2D eigenvalue weighted by Crippen LogP contribution is 2.28. The molecule has 4 nitrogen and oxygen atoms in total. The number of nitrogens with one attached hydrogen (secondary N) is 1. The van der Waals surface area contributed by atoms with Crippen LogP contribution >= 0.6 is 0 Å². The van der Waals surface area contributed by atoms with Gasteiger partial charge in [0, 0.05) is 32.0 Å². The zero-order valence-corrected chi connectivity index (χ0v) is 10.9. The van der Waals surface area contributed by atoms with Crippen LogP contribution in [0.5, 0.6) is 0 Å². The lowest BCUT2D eigenvalue weighted by Crippen LogP contribution is -2.53. The molecule has 2 rings (SSSR count). The number of nitrogens with zero attached hydrogens (tertiary/aromatic N) is 1. The first kappa shape index (κ1) is 12.8. The Balaban J connectivity index is 1.87. The number of likely N-dealkylation sites (tertiary alicyclic amines) is 1. The second-order valence-electron chi connectivity index (χ2n) is 5.71. The van der Waals surface area contributed by atoms with Gasteiger partial charge < -0.3 is 15.3 Å². The van der Waals surface area contributed by atoms with Gasteiger partial charge in [0.2, 0.25) is 5.91 Å². The minimum absolute atomic E-state index is 0.119. The molecule has 2 fully saturated rings. The summed E-state index contributed by atoms with van der Waals surface area (Å²) in [6.07, 6.45) is 3.34. The van der Waals surface area contributed by atoms with Crippen LogP contribution in [0.2, 0.25) is 0 Å². The molecule has 3 unspecified atom stereocenters. The maximum Gasteiger partial charge on any atom is 0.219 e. The molecule has 1 amide bonds. The van der Waals surface area contributed by atoms with Gasteiger partial charge in [-0.25, -0.2) is 0 Å². The quantitative estimate of drug-likeness (QED) is 0.757. The molecule has 1 aliphatic carbocycles. The van der Waals surface area contributed by atoms with E-state index in [-0.39, 0.29) is 17.9 Å². The molecule has 0 aromatic rings. The summed E-state index contributed by atoms with van der Waals surface area (Å²) in [6.45, 7) is 6.01. The highest BCUT2D eigenvalue weighted by Gasteiger charge is 2.32. The summed E-state index contributed by atoms with van der Waals surface area (Å²) in [5.41, 5.74) is 0. The van der Waals surface area contributed by atoms with Gasteiger partial charge in [-0.15, -0.1) is 0 Å². The summed E-state index contributed by atoms with van der Waals surface area (Å²) in [7, 11) is 0. The van der Waals surface area contributed by atoms with Crippen LogP contribution in [0.4, 0.5) is 0 Å². The van der Waals surface area contributed by atoms with Crippen molar-refractivity contribution in [2.45, 2.75) is 45.3 Å². The van der Waals surface area contributed by atoms with E-state index in [9.17, 15) is 9.90 Å². The number of hydrogen-bond donors (Lipinski definition) is 2. The van der Waals surface area contributed by atoms with Gasteiger partial charge in [-0.3, -0.25) is 4.79 Å². The van der Waals surface area contributed by atoms with E-state index >= 15 is 0 Å². The van der Waals surface area contributed by atoms with E-state index in [2.05, 4.69) is 5.32 Å². The maximum absolute atomic E-state index is 11.5. The Morgan fingerprint density at radius 3 is 2.71 bits per heavy atom. The lowest BCUT2D eigenvalue weighted by Gasteiger charge is -2.39. The van der Waals surface area contributed by atoms with Crippen molar-refractivity contribution in [2.75, 3.05) is 19.6 Å². The Bertz CT molecular complexity index is 277. The highest BCUT2D eigenvalue weighted by molar-refractivity contribution is 5.73. The van der Waals surface area contributed by atoms with Gasteiger partial charge in [0.1, 0.15) is 0 Å². The van der Waals surface area contributed by atoms with Gasteiger partial charge in [0.15, 0.2) is 0 Å². The van der Waals surface area contributed by atoms with Crippen molar-refractivity contribution in [1.29, 1.82) is 0 Å². The van der Waals surface area contributed by atoms with Crippen molar-refractivity contribution in [1.82, 2.24) is 10.2 Å². The Labute approximate surface area is 103 Å². The molecule has 0 bridgehead atoms. The lowest BCUT2D eigenvalue weighted by atomic mass is 9.90. The fourth-order valence-corrected chi connectivity index (χ4v) is 2.55. The summed E-state index contributed by atoms with van der Waals surface area (Å²) >= 11 is 0. The van der Waals surface area contributed by atoms with Crippen molar-refractivity contribution in [3.63, 3.8) is 0 Å². The fraction of sp³-hybridized carbons (Fsp3) is 0.923. The maximum atomic E-state index is 11.5. The van der Waals surface area contributed by atoms with Crippen molar-refractivity contribution < 1.29 is 9.90 Å². The smallest absolute Gasteiger partial charge is 0.219 e. The van der Waals surface area contributed by atoms with Crippen LogP contribution in [0, 0.1) is 11.8 Å². The van der Waals surface area contributed by atoms with E-state index in [4.69, 9.17) is 0 Å². The Morgan fingerprint density at radius 2 is 2.18 bits per heavy atom. The van der Waals surface area contributed by atoms with Crippen LogP contribution in [0.15, 0.2) is 0 Å². The number of carbonyl (C=O) groups is 1. The monoisotopic (exact) mass is 240 g/mol. The molecule has 2 aliphatic rings. The van der Waals surface area contributed by atoms with E-state index < -0.39 is 0 Å². The van der Waals surface area contributed by atoms with Crippen LogP contribution in [0.1, 0.15) is 33.1 Å². The largest absolute Gasteiger partial charge is 0.393 e. The molecular weight excluding hydrogens is 216 g/mol. The van der Waals surface area contributed by atoms with E-state index in [1.165, 1.54) is 12.8 Å². The molecule has 1 saturated carbocycles. The first-order valence-corrected chi connectivity index (χ1v) is 6.73. The first-order chi connectivity index (χ1) is 8.06. The summed E-state index contributed by atoms with van der Waals surface area (Å²) in [5, 5.41) is 13.3. The molecule has 1 heterocycles. The van der Waals surface area contributed by atoms with Crippen LogP contribution in [0.25, 0.3) is 0 Å². The van der Waals surface area contributed by atoms with Gasteiger partial charge in [-0.1, -0.05) is 0 Å². The van der Waals surface area contributed by atoms with Gasteiger partial charge >= 0.3 is 0 Å². The third kappa shape index (κ3) is 3.68. The van der Waals surface area contributed by atoms with E-state index in [1.807, 2.05) is 11.8 Å². The molecule has 17 heavy (non-hydrogen) atoms. The average molecular weight is 240 g/mol. The van der Waals surface area contributed by atoms with E-state index in [0.717, 1.165) is 25.4 Å². The number of carbonyl (C=O) groups excluding carboxylic acids is 1. The standard InChI is InChI=1S/C13H24N2O2/c1-9(16)12-5-13(14-6-11-3-4-11)8-15(7-12)10(2)17/h9,11-14,16H,3-8H2,1-2H3. The number of amides is 1. The molecular formula is C13H24N2O2. The molecule has 0 spiro atoms. The van der Waals surface area contributed by atoms with Crippen LogP contribution in [-0.2, 0) is 4.79 Å². The zero-order chi connectivity index (χ0) is 12.4. The normalized spacial score (nSPS) is 31.4. The van der Waals surface area contributed by atoms with Gasteiger partial charge in [0.25, 0.3) is 0 Å². The number of aliphatic hydroxyl groups excluding tert-OH is 1. The number of aliphatic hydroxyl groups is 1. The number of rotatable bonds is 4. The molecule has 2 N–H and O–H groups in total. The molecule has 1 saturated heterocycles. The Kier molecular flexibility index (Phi) is 4.05. The van der Waals surface area contributed by atoms with Gasteiger partial charge in [0.05, 0.1) is 6.10 Å². The second kappa shape index (κ2) is 5.36. The van der Waals surface area contributed by atoms with Crippen LogP contribution < -0.4 is 5.32 Å². The second-order valence-corrected chi connectivity index (χ2v) is 5.71. The molecule has 0 radical (unpaired) electrons. The first-order valence-electron chi connectivity index (χ1n) is 6.73. The summed E-state index contributed by atoms with van der Waals surface area (Å²) in [5.74, 6) is 1.19. The van der Waals surface area contributed by atoms with E-state index in [0.29, 0.717) is 12.6 Å². The predicted molar refractivity (Wildman–Crippen MR) is 66.6 cm³/mol. The van der Waals surface area contributed by atoms with Crippen LogP contribution in [-0.4, -0.2) is 47.7 Å². The lowest BCUT2D eigenvalue weighted by molar-refractivity contribution is -0.132. The molecule has 3 atom stereocenters. The molecule has 1 aliphatic heterocycles. The summed E-state index contributed by atoms with van der Waals surface area (Å²) in [6, 6.07) is 0.354. The minimum Gasteiger partial charge on any atom is -0.393 e. The van der Waals surface area contributed by atoms with E-state index in [1.54, 1.807) is 6.92 Å². The molecule has 0 aromatic carbocycles. The van der Waals surface area contributed by atoms with Crippen molar-refractivity contribution in [2.24, 2.45) is 11.8 Å². The SMILES string of the molecule is CC(=O)N1CC(NCC2CC2)CC(C(C)O)C1. The zero-order valence-electron chi connectivity index (χ0n) is 10.9. The van der Waals surface area contributed by atoms with Crippen molar-refractivity contribution in [3.8, 4) is 0 Å². The van der Waals surface area contributed by atoms with Gasteiger partial charge in [-0.2, -0.15) is 0 Å². The van der Waals surface area contributed by atoms with Crippen molar-refractivity contribution in [3.05, 3.63) is 0 Å². The fourth-order valence-electron chi connectivity index (χ4n) is 2.55. The van der Waals surface area contributed by atoms with Crippen molar-refractivity contribution >= 4 is 5.91 Å². The molecule has 0 aromatic heterocycles. The Morgan fingerprint density at radius 1 is 1.47 bits per heavy atom.